The molecule has 1 atom stereocenters. The van der Waals surface area contributed by atoms with Crippen LogP contribution in [0.5, 0.6) is 0 Å². The maximum Gasteiger partial charge on any atom is 0.0449 e. The van der Waals surface area contributed by atoms with E-state index < -0.39 is 0 Å². The van der Waals surface area contributed by atoms with Crippen molar-refractivity contribution in [1.29, 1.82) is 0 Å². The molecule has 112 valence electrons. The maximum absolute atomic E-state index is 3.66. The highest BCUT2D eigenvalue weighted by Crippen LogP contribution is 2.26. The number of hydrogen-bond acceptors (Lipinski definition) is 2. The van der Waals surface area contributed by atoms with Gasteiger partial charge in [-0.15, -0.1) is 0 Å². The van der Waals surface area contributed by atoms with Crippen molar-refractivity contribution in [2.75, 3.05) is 20.1 Å². The first kappa shape index (κ1) is 14.6. The van der Waals surface area contributed by atoms with Crippen molar-refractivity contribution < 1.29 is 0 Å². The number of likely N-dealkylation sites (N-methyl/N-ethyl adjacent to an activating group) is 2. The second kappa shape index (κ2) is 6.59. The molecule has 0 saturated heterocycles. The molecular weight excluding hydrogens is 256 g/mol. The monoisotopic (exact) mass is 282 g/mol. The molecule has 21 heavy (non-hydrogen) atoms. The number of benzene rings is 2. The van der Waals surface area contributed by atoms with Gasteiger partial charge in [-0.05, 0) is 48.8 Å². The van der Waals surface area contributed by atoms with E-state index in [1.807, 2.05) is 0 Å². The van der Waals surface area contributed by atoms with Gasteiger partial charge in [-0.25, -0.2) is 0 Å². The molecule has 2 aromatic carbocycles. The Morgan fingerprint density at radius 1 is 1.14 bits per heavy atom. The lowest BCUT2D eigenvalue weighted by atomic mass is 9.91. The second-order valence-corrected chi connectivity index (χ2v) is 6.24. The van der Waals surface area contributed by atoms with Gasteiger partial charge in [0.2, 0.25) is 0 Å². The molecule has 0 heterocycles. The summed E-state index contributed by atoms with van der Waals surface area (Å²) in [6.45, 7) is 4.30. The predicted octanol–water partition coefficient (Wildman–Crippen LogP) is 3.97. The first-order valence-electron chi connectivity index (χ1n) is 8.20. The van der Waals surface area contributed by atoms with E-state index in [9.17, 15) is 0 Å². The van der Waals surface area contributed by atoms with Crippen LogP contribution in [0.4, 0.5) is 0 Å². The minimum atomic E-state index is 0.421. The van der Waals surface area contributed by atoms with Crippen molar-refractivity contribution >= 4 is 10.8 Å². The van der Waals surface area contributed by atoms with Crippen LogP contribution in [0.3, 0.4) is 0 Å². The van der Waals surface area contributed by atoms with Gasteiger partial charge in [0.05, 0.1) is 0 Å². The quantitative estimate of drug-likeness (QED) is 0.862. The summed E-state index contributed by atoms with van der Waals surface area (Å²) in [5, 5.41) is 6.32. The number of hydrogen-bond donors (Lipinski definition) is 1. The highest BCUT2D eigenvalue weighted by molar-refractivity contribution is 5.83. The molecule has 2 nitrogen and oxygen atoms in total. The molecule has 0 spiro atoms. The topological polar surface area (TPSA) is 15.3 Å². The van der Waals surface area contributed by atoms with Crippen molar-refractivity contribution in [3.05, 3.63) is 48.0 Å². The average Bonchev–Trinajstić information content (AvgIpc) is 2.44. The number of nitrogens with one attached hydrogen (secondary N) is 1. The molecule has 0 bridgehead atoms. The van der Waals surface area contributed by atoms with Crippen LogP contribution in [0, 0.1) is 0 Å². The largest absolute Gasteiger partial charge is 0.309 e. The summed E-state index contributed by atoms with van der Waals surface area (Å²) in [6.07, 6.45) is 4.14. The first-order valence-corrected chi connectivity index (χ1v) is 8.20. The van der Waals surface area contributed by atoms with Crippen molar-refractivity contribution in [2.24, 2.45) is 0 Å². The van der Waals surface area contributed by atoms with E-state index in [1.165, 1.54) is 35.6 Å². The van der Waals surface area contributed by atoms with Gasteiger partial charge in [0, 0.05) is 18.6 Å². The summed E-state index contributed by atoms with van der Waals surface area (Å²) in [6, 6.07) is 16.7. The molecule has 1 aliphatic carbocycles. The van der Waals surface area contributed by atoms with E-state index >= 15 is 0 Å². The van der Waals surface area contributed by atoms with Crippen LogP contribution >= 0.6 is 0 Å². The molecular formula is C19H26N2. The molecule has 0 aliphatic heterocycles. The van der Waals surface area contributed by atoms with E-state index in [1.54, 1.807) is 0 Å². The third-order valence-electron chi connectivity index (χ3n) is 4.80. The second-order valence-electron chi connectivity index (χ2n) is 6.24. The van der Waals surface area contributed by atoms with E-state index in [-0.39, 0.29) is 0 Å². The van der Waals surface area contributed by atoms with Crippen molar-refractivity contribution in [2.45, 2.75) is 38.3 Å². The van der Waals surface area contributed by atoms with Gasteiger partial charge < -0.3 is 10.2 Å². The van der Waals surface area contributed by atoms with Crippen LogP contribution in [-0.2, 0) is 0 Å². The fraction of sp³-hybridized carbons (Fsp3) is 0.474. The van der Waals surface area contributed by atoms with E-state index in [0.29, 0.717) is 6.04 Å². The summed E-state index contributed by atoms with van der Waals surface area (Å²) in [4.78, 5) is 2.53. The Hall–Kier alpha value is -1.38. The first-order chi connectivity index (χ1) is 10.3. The van der Waals surface area contributed by atoms with Gasteiger partial charge in [0.25, 0.3) is 0 Å². The molecule has 0 radical (unpaired) electrons. The Labute approximate surface area is 128 Å². The summed E-state index contributed by atoms with van der Waals surface area (Å²) < 4.78 is 0. The highest BCUT2D eigenvalue weighted by atomic mass is 15.2. The zero-order chi connectivity index (χ0) is 14.7. The highest BCUT2D eigenvalue weighted by Gasteiger charge is 2.24. The Kier molecular flexibility index (Phi) is 4.57. The molecule has 1 unspecified atom stereocenters. The zero-order valence-electron chi connectivity index (χ0n) is 13.2. The molecule has 2 aromatic rings. The summed E-state index contributed by atoms with van der Waals surface area (Å²) in [5.41, 5.74) is 1.40. The summed E-state index contributed by atoms with van der Waals surface area (Å²) in [5.74, 6) is 0. The number of fused-ring (bicyclic) bond motifs is 1. The number of rotatable bonds is 6. The molecule has 1 fully saturated rings. The van der Waals surface area contributed by atoms with Crippen LogP contribution in [-0.4, -0.2) is 31.1 Å². The standard InChI is InChI=1S/C19H26N2/c1-3-20-19(14-21(2)18-9-6-10-18)17-12-11-15-7-4-5-8-16(15)13-17/h4-5,7-8,11-13,18-20H,3,6,9-10,14H2,1-2H3. The minimum absolute atomic E-state index is 0.421. The lowest BCUT2D eigenvalue weighted by molar-refractivity contribution is 0.145. The van der Waals surface area contributed by atoms with Crippen molar-refractivity contribution in [3.8, 4) is 0 Å². The molecule has 0 aromatic heterocycles. The van der Waals surface area contributed by atoms with Crippen LogP contribution in [0.1, 0.15) is 37.8 Å². The Morgan fingerprint density at radius 2 is 1.90 bits per heavy atom. The summed E-state index contributed by atoms with van der Waals surface area (Å²) >= 11 is 0. The van der Waals surface area contributed by atoms with Crippen LogP contribution in [0.15, 0.2) is 42.5 Å². The Morgan fingerprint density at radius 3 is 2.57 bits per heavy atom. The third kappa shape index (κ3) is 3.28. The third-order valence-corrected chi connectivity index (χ3v) is 4.80. The number of nitrogens with zero attached hydrogens (tertiary/aromatic N) is 1. The van der Waals surface area contributed by atoms with Crippen molar-refractivity contribution in [1.82, 2.24) is 10.2 Å². The minimum Gasteiger partial charge on any atom is -0.309 e. The van der Waals surface area contributed by atoms with Crippen LogP contribution < -0.4 is 5.32 Å². The van der Waals surface area contributed by atoms with Gasteiger partial charge in [-0.1, -0.05) is 49.7 Å². The van der Waals surface area contributed by atoms with Crippen LogP contribution in [0.25, 0.3) is 10.8 Å². The molecule has 2 heteroatoms. The lowest BCUT2D eigenvalue weighted by Gasteiger charge is -2.37. The normalized spacial score (nSPS) is 17.1. The van der Waals surface area contributed by atoms with Gasteiger partial charge >= 0.3 is 0 Å². The van der Waals surface area contributed by atoms with Gasteiger partial charge in [-0.2, -0.15) is 0 Å². The lowest BCUT2D eigenvalue weighted by Crippen LogP contribution is -2.42. The molecule has 0 amide bonds. The predicted molar refractivity (Wildman–Crippen MR) is 90.6 cm³/mol. The van der Waals surface area contributed by atoms with E-state index in [0.717, 1.165) is 19.1 Å². The fourth-order valence-electron chi connectivity index (χ4n) is 3.22. The van der Waals surface area contributed by atoms with Gasteiger partial charge in [0.1, 0.15) is 0 Å². The molecule has 1 saturated carbocycles. The van der Waals surface area contributed by atoms with Crippen LogP contribution in [0.2, 0.25) is 0 Å². The van der Waals surface area contributed by atoms with Crippen molar-refractivity contribution in [3.63, 3.8) is 0 Å². The van der Waals surface area contributed by atoms with Gasteiger partial charge in [0.15, 0.2) is 0 Å². The van der Waals surface area contributed by atoms with E-state index in [4.69, 9.17) is 0 Å². The smallest absolute Gasteiger partial charge is 0.0449 e. The van der Waals surface area contributed by atoms with Gasteiger partial charge in [-0.3, -0.25) is 0 Å². The Bertz CT molecular complexity index is 589. The maximum atomic E-state index is 3.66. The molecule has 1 N–H and O–H groups in total. The summed E-state index contributed by atoms with van der Waals surface area (Å²) in [7, 11) is 2.27. The average molecular weight is 282 g/mol. The molecule has 3 rings (SSSR count). The van der Waals surface area contributed by atoms with E-state index in [2.05, 4.69) is 66.7 Å². The zero-order valence-corrected chi connectivity index (χ0v) is 13.2. The Balaban J connectivity index is 1.80. The SMILES string of the molecule is CCNC(CN(C)C1CCC1)c1ccc2ccccc2c1. The fourth-order valence-corrected chi connectivity index (χ4v) is 3.22. The molecule has 1 aliphatic rings.